The molecule has 1 aromatic rings. The molecule has 1 atom stereocenters. The van der Waals surface area contributed by atoms with E-state index in [1.165, 1.54) is 4.90 Å². The molecule has 1 aliphatic heterocycles. The first kappa shape index (κ1) is 11.0. The Bertz CT molecular complexity index is 510. The van der Waals surface area contributed by atoms with Crippen LogP contribution >= 0.6 is 0 Å². The Morgan fingerprint density at radius 2 is 2.00 bits per heavy atom. The third-order valence-corrected chi connectivity index (χ3v) is 2.55. The fraction of sp³-hybridized carbons (Fsp3) is 0.250. The second kappa shape index (κ2) is 4.54. The van der Waals surface area contributed by atoms with E-state index in [9.17, 15) is 4.79 Å². The van der Waals surface area contributed by atoms with Gasteiger partial charge in [0.25, 0.3) is 0 Å². The van der Waals surface area contributed by atoms with Gasteiger partial charge >= 0.3 is 6.09 Å². The van der Waals surface area contributed by atoms with Gasteiger partial charge in [0.15, 0.2) is 0 Å². The molecule has 1 fully saturated rings. The van der Waals surface area contributed by atoms with Crippen molar-refractivity contribution in [1.29, 1.82) is 10.5 Å². The van der Waals surface area contributed by atoms with Crippen molar-refractivity contribution in [1.82, 2.24) is 0 Å². The highest BCUT2D eigenvalue weighted by Gasteiger charge is 2.30. The van der Waals surface area contributed by atoms with Gasteiger partial charge in [-0.15, -0.1) is 0 Å². The van der Waals surface area contributed by atoms with E-state index in [2.05, 4.69) is 6.07 Å². The molecular formula is C12H9N3O2. The number of anilines is 1. The van der Waals surface area contributed by atoms with Crippen molar-refractivity contribution in [3.63, 3.8) is 0 Å². The van der Waals surface area contributed by atoms with Gasteiger partial charge in [-0.2, -0.15) is 10.5 Å². The van der Waals surface area contributed by atoms with Gasteiger partial charge in [-0.25, -0.2) is 4.79 Å². The smallest absolute Gasteiger partial charge is 0.415 e. The molecule has 0 N–H and O–H groups in total. The lowest BCUT2D eigenvalue weighted by atomic mass is 10.1. The lowest BCUT2D eigenvalue weighted by Gasteiger charge is -2.30. The summed E-state index contributed by atoms with van der Waals surface area (Å²) in [5.74, 6) is 0. The lowest BCUT2D eigenvalue weighted by molar-refractivity contribution is 0.134. The second-order valence-electron chi connectivity index (χ2n) is 3.58. The lowest BCUT2D eigenvalue weighted by Crippen LogP contribution is -2.45. The van der Waals surface area contributed by atoms with Crippen LogP contribution in [-0.4, -0.2) is 18.7 Å². The van der Waals surface area contributed by atoms with Crippen LogP contribution in [0.3, 0.4) is 0 Å². The monoisotopic (exact) mass is 227 g/mol. The van der Waals surface area contributed by atoms with Crippen LogP contribution < -0.4 is 4.90 Å². The van der Waals surface area contributed by atoms with Crippen LogP contribution in [0.15, 0.2) is 24.3 Å². The Morgan fingerprint density at radius 3 is 2.59 bits per heavy atom. The minimum absolute atomic E-state index is 0.268. The van der Waals surface area contributed by atoms with E-state index in [0.717, 1.165) is 0 Å². The molecule has 1 unspecified atom stereocenters. The van der Waals surface area contributed by atoms with E-state index >= 15 is 0 Å². The molecule has 1 amide bonds. The normalized spacial score (nSPS) is 19.1. The van der Waals surface area contributed by atoms with Crippen molar-refractivity contribution in [2.24, 2.45) is 0 Å². The molecule has 17 heavy (non-hydrogen) atoms. The molecular weight excluding hydrogens is 218 g/mol. The molecule has 1 aliphatic rings. The topological polar surface area (TPSA) is 77.1 Å². The van der Waals surface area contributed by atoms with Crippen LogP contribution in [-0.2, 0) is 4.74 Å². The van der Waals surface area contributed by atoms with Crippen LogP contribution in [0.4, 0.5) is 10.5 Å². The highest BCUT2D eigenvalue weighted by molar-refractivity contribution is 5.89. The molecule has 0 spiro atoms. The number of nitrogens with zero attached hydrogens (tertiary/aromatic N) is 3. The first-order chi connectivity index (χ1) is 8.26. The largest absolute Gasteiger partial charge is 0.449 e. The van der Waals surface area contributed by atoms with Gasteiger partial charge in [0.1, 0.15) is 6.04 Å². The Morgan fingerprint density at radius 1 is 1.29 bits per heavy atom. The molecule has 1 aromatic carbocycles. The summed E-state index contributed by atoms with van der Waals surface area (Å²) in [6, 6.07) is 10.0. The van der Waals surface area contributed by atoms with Crippen molar-refractivity contribution in [3.05, 3.63) is 29.8 Å². The van der Waals surface area contributed by atoms with Gasteiger partial charge in [0.2, 0.25) is 0 Å². The molecule has 5 heteroatoms. The maximum atomic E-state index is 11.6. The summed E-state index contributed by atoms with van der Waals surface area (Å²) >= 11 is 0. The summed E-state index contributed by atoms with van der Waals surface area (Å²) in [5.41, 5.74) is 1.08. The highest BCUT2D eigenvalue weighted by atomic mass is 16.6. The number of hydrogen-bond acceptors (Lipinski definition) is 4. The highest BCUT2D eigenvalue weighted by Crippen LogP contribution is 2.23. The fourth-order valence-corrected chi connectivity index (χ4v) is 1.69. The van der Waals surface area contributed by atoms with E-state index < -0.39 is 12.1 Å². The zero-order chi connectivity index (χ0) is 12.3. The van der Waals surface area contributed by atoms with E-state index in [4.69, 9.17) is 15.3 Å². The summed E-state index contributed by atoms with van der Waals surface area (Å²) in [6.45, 7) is 0.268. The number of rotatable bonds is 1. The van der Waals surface area contributed by atoms with Crippen molar-refractivity contribution in [2.45, 2.75) is 12.5 Å². The Hall–Kier alpha value is -2.53. The zero-order valence-electron chi connectivity index (χ0n) is 8.96. The number of carbonyl (C=O) groups excluding carboxylic acids is 1. The van der Waals surface area contributed by atoms with Crippen LogP contribution in [0.5, 0.6) is 0 Å². The minimum Gasteiger partial charge on any atom is -0.449 e. The maximum absolute atomic E-state index is 11.6. The summed E-state index contributed by atoms with van der Waals surface area (Å²) in [6.07, 6.45) is -0.0325. The summed E-state index contributed by atoms with van der Waals surface area (Å²) in [7, 11) is 0. The SMILES string of the molecule is N#Cc1ccc(N2C(=O)OCCC2C#N)cc1. The standard InChI is InChI=1S/C12H9N3O2/c13-7-9-1-3-10(4-2-9)15-11(8-14)5-6-17-12(15)16/h1-4,11H,5-6H2. The van der Waals surface area contributed by atoms with Crippen LogP contribution in [0.2, 0.25) is 0 Å². The molecule has 1 heterocycles. The predicted octanol–water partition coefficient (Wildman–Crippen LogP) is 1.80. The van der Waals surface area contributed by atoms with Crippen LogP contribution in [0.25, 0.3) is 0 Å². The first-order valence-corrected chi connectivity index (χ1v) is 5.12. The maximum Gasteiger partial charge on any atom is 0.415 e. The van der Waals surface area contributed by atoms with Crippen molar-refractivity contribution in [2.75, 3.05) is 11.5 Å². The molecule has 84 valence electrons. The van der Waals surface area contributed by atoms with Gasteiger partial charge in [-0.3, -0.25) is 4.90 Å². The van der Waals surface area contributed by atoms with E-state index in [-0.39, 0.29) is 6.61 Å². The Kier molecular flexibility index (Phi) is 2.93. The summed E-state index contributed by atoms with van der Waals surface area (Å²) < 4.78 is 4.90. The van der Waals surface area contributed by atoms with Gasteiger partial charge in [0.05, 0.1) is 24.3 Å². The molecule has 5 nitrogen and oxygen atoms in total. The van der Waals surface area contributed by atoms with Gasteiger partial charge < -0.3 is 4.74 Å². The number of ether oxygens (including phenoxy) is 1. The average Bonchev–Trinajstić information content (AvgIpc) is 2.38. The second-order valence-corrected chi connectivity index (χ2v) is 3.58. The van der Waals surface area contributed by atoms with E-state index in [1.54, 1.807) is 24.3 Å². The predicted molar refractivity (Wildman–Crippen MR) is 59.0 cm³/mol. The Labute approximate surface area is 98.4 Å². The average molecular weight is 227 g/mol. The zero-order valence-corrected chi connectivity index (χ0v) is 8.96. The number of hydrogen-bond donors (Lipinski definition) is 0. The number of benzene rings is 1. The quantitative estimate of drug-likeness (QED) is 0.732. The molecule has 2 rings (SSSR count). The van der Waals surface area contributed by atoms with Crippen LogP contribution in [0.1, 0.15) is 12.0 Å². The van der Waals surface area contributed by atoms with Gasteiger partial charge in [-0.05, 0) is 24.3 Å². The number of carbonyl (C=O) groups is 1. The number of cyclic esters (lactones) is 1. The summed E-state index contributed by atoms with van der Waals surface area (Å²) in [5, 5.41) is 17.7. The van der Waals surface area contributed by atoms with Crippen LogP contribution in [0, 0.1) is 22.7 Å². The molecule has 0 saturated carbocycles. The van der Waals surface area contributed by atoms with E-state index in [0.29, 0.717) is 17.7 Å². The summed E-state index contributed by atoms with van der Waals surface area (Å²) in [4.78, 5) is 12.9. The number of nitriles is 2. The fourth-order valence-electron chi connectivity index (χ4n) is 1.69. The Balaban J connectivity index is 2.33. The van der Waals surface area contributed by atoms with Gasteiger partial charge in [-0.1, -0.05) is 0 Å². The van der Waals surface area contributed by atoms with Gasteiger partial charge in [0, 0.05) is 12.1 Å². The first-order valence-electron chi connectivity index (χ1n) is 5.12. The molecule has 0 bridgehead atoms. The third-order valence-electron chi connectivity index (χ3n) is 2.55. The van der Waals surface area contributed by atoms with Crippen molar-refractivity contribution >= 4 is 11.8 Å². The molecule has 0 aliphatic carbocycles. The third kappa shape index (κ3) is 2.04. The molecule has 0 radical (unpaired) electrons. The van der Waals surface area contributed by atoms with Crippen molar-refractivity contribution < 1.29 is 9.53 Å². The number of amides is 1. The minimum atomic E-state index is -0.521. The van der Waals surface area contributed by atoms with Crippen molar-refractivity contribution in [3.8, 4) is 12.1 Å². The molecule has 0 aromatic heterocycles. The van der Waals surface area contributed by atoms with E-state index in [1.807, 2.05) is 6.07 Å². The molecule has 1 saturated heterocycles.